The Morgan fingerprint density at radius 2 is 1.57 bits per heavy atom. The Labute approximate surface area is 201 Å². The predicted octanol–water partition coefficient (Wildman–Crippen LogP) is 4.94. The van der Waals surface area contributed by atoms with Crippen LogP contribution in [-0.2, 0) is 4.79 Å². The lowest BCUT2D eigenvalue weighted by molar-refractivity contribution is -0.129. The summed E-state index contributed by atoms with van der Waals surface area (Å²) in [5.41, 5.74) is 4.00. The minimum Gasteiger partial charge on any atom is -0.507 e. The number of phenolic OH excluding ortho intramolecular Hbond substituents is 1. The minimum absolute atomic E-state index is 0.115. The molecule has 7 nitrogen and oxygen atoms in total. The molecule has 0 spiro atoms. The van der Waals surface area contributed by atoms with Gasteiger partial charge in [0.1, 0.15) is 5.75 Å². The van der Waals surface area contributed by atoms with Gasteiger partial charge in [-0.15, -0.1) is 0 Å². The molecule has 0 unspecified atom stereocenters. The molecular formula is C28H22N2O5. The number of carbonyl (C=O) groups excluding carboxylic acids is 2. The summed E-state index contributed by atoms with van der Waals surface area (Å²) in [5.74, 6) is -0.653. The van der Waals surface area contributed by atoms with Gasteiger partial charge in [-0.05, 0) is 58.3 Å². The van der Waals surface area contributed by atoms with Crippen LogP contribution in [0.25, 0.3) is 16.8 Å². The van der Waals surface area contributed by atoms with E-state index in [0.29, 0.717) is 11.3 Å². The maximum atomic E-state index is 12.5. The highest BCUT2D eigenvalue weighted by atomic mass is 16.6. The SMILES string of the molecule is COc1cc(/C=N\NC(=O)c2cc3ccccc3cc2O)ccc1OC(=O)/C=C/c1ccccc1. The highest BCUT2D eigenvalue weighted by molar-refractivity contribution is 6.01. The molecule has 0 heterocycles. The van der Waals surface area contributed by atoms with E-state index in [2.05, 4.69) is 10.5 Å². The van der Waals surface area contributed by atoms with Gasteiger partial charge in [-0.3, -0.25) is 4.79 Å². The third kappa shape index (κ3) is 5.91. The molecule has 0 aliphatic heterocycles. The zero-order valence-electron chi connectivity index (χ0n) is 18.8. The van der Waals surface area contributed by atoms with E-state index < -0.39 is 11.9 Å². The lowest BCUT2D eigenvalue weighted by Crippen LogP contribution is -2.17. The van der Waals surface area contributed by atoms with E-state index in [1.807, 2.05) is 54.6 Å². The fourth-order valence-corrected chi connectivity index (χ4v) is 3.36. The number of esters is 1. The summed E-state index contributed by atoms with van der Waals surface area (Å²) in [4.78, 5) is 24.7. The van der Waals surface area contributed by atoms with Crippen molar-refractivity contribution in [2.75, 3.05) is 7.11 Å². The molecule has 1 amide bonds. The molecule has 0 atom stereocenters. The number of nitrogens with one attached hydrogen (secondary N) is 1. The molecular weight excluding hydrogens is 444 g/mol. The lowest BCUT2D eigenvalue weighted by atomic mass is 10.1. The average molecular weight is 466 g/mol. The Kier molecular flexibility index (Phi) is 7.18. The Morgan fingerprint density at radius 1 is 0.857 bits per heavy atom. The smallest absolute Gasteiger partial charge is 0.336 e. The monoisotopic (exact) mass is 466 g/mol. The normalized spacial score (nSPS) is 11.1. The number of carbonyl (C=O) groups is 2. The number of hydrazone groups is 1. The fourth-order valence-electron chi connectivity index (χ4n) is 3.36. The van der Waals surface area contributed by atoms with Gasteiger partial charge in [0.2, 0.25) is 0 Å². The third-order valence-electron chi connectivity index (χ3n) is 5.10. The van der Waals surface area contributed by atoms with E-state index >= 15 is 0 Å². The van der Waals surface area contributed by atoms with Crippen LogP contribution in [0.3, 0.4) is 0 Å². The summed E-state index contributed by atoms with van der Waals surface area (Å²) < 4.78 is 10.7. The van der Waals surface area contributed by atoms with Crippen LogP contribution in [0.1, 0.15) is 21.5 Å². The summed E-state index contributed by atoms with van der Waals surface area (Å²) >= 11 is 0. The Morgan fingerprint density at radius 3 is 2.31 bits per heavy atom. The number of benzene rings is 4. The van der Waals surface area contributed by atoms with Gasteiger partial charge in [0.05, 0.1) is 18.9 Å². The van der Waals surface area contributed by atoms with Gasteiger partial charge in [0.25, 0.3) is 5.91 Å². The van der Waals surface area contributed by atoms with Crippen molar-refractivity contribution >= 4 is 34.9 Å². The van der Waals surface area contributed by atoms with Crippen molar-refractivity contribution in [2.45, 2.75) is 0 Å². The Balaban J connectivity index is 1.41. The second-order valence-electron chi connectivity index (χ2n) is 7.49. The van der Waals surface area contributed by atoms with Crippen LogP contribution in [0, 0.1) is 0 Å². The van der Waals surface area contributed by atoms with Gasteiger partial charge in [0, 0.05) is 6.08 Å². The van der Waals surface area contributed by atoms with Crippen LogP contribution in [0.2, 0.25) is 0 Å². The maximum absolute atomic E-state index is 12.5. The van der Waals surface area contributed by atoms with E-state index in [1.54, 1.807) is 30.3 Å². The quantitative estimate of drug-likeness (QED) is 0.132. The van der Waals surface area contributed by atoms with Gasteiger partial charge in [-0.25, -0.2) is 10.2 Å². The van der Waals surface area contributed by atoms with E-state index in [1.165, 1.54) is 25.5 Å². The minimum atomic E-state index is -0.549. The number of phenols is 1. The third-order valence-corrected chi connectivity index (χ3v) is 5.10. The van der Waals surface area contributed by atoms with Crippen LogP contribution in [0.15, 0.2) is 96.1 Å². The summed E-state index contributed by atoms with van der Waals surface area (Å²) in [6.45, 7) is 0. The Bertz CT molecular complexity index is 1430. The summed E-state index contributed by atoms with van der Waals surface area (Å²) in [6.07, 6.45) is 4.41. The average Bonchev–Trinajstić information content (AvgIpc) is 2.88. The van der Waals surface area contributed by atoms with Crippen LogP contribution < -0.4 is 14.9 Å². The molecule has 0 aliphatic carbocycles. The molecule has 2 N–H and O–H groups in total. The van der Waals surface area contributed by atoms with Crippen molar-refractivity contribution < 1.29 is 24.2 Å². The molecule has 0 aliphatic rings. The molecule has 0 fully saturated rings. The van der Waals surface area contributed by atoms with E-state index in [4.69, 9.17) is 9.47 Å². The zero-order valence-corrected chi connectivity index (χ0v) is 18.8. The summed E-state index contributed by atoms with van der Waals surface area (Å²) in [5, 5.41) is 15.8. The van der Waals surface area contributed by atoms with E-state index in [-0.39, 0.29) is 17.1 Å². The van der Waals surface area contributed by atoms with Crippen LogP contribution in [0.4, 0.5) is 0 Å². The summed E-state index contributed by atoms with van der Waals surface area (Å²) in [6, 6.07) is 24.8. The van der Waals surface area contributed by atoms with Crippen LogP contribution in [0.5, 0.6) is 17.2 Å². The van der Waals surface area contributed by atoms with Crippen LogP contribution >= 0.6 is 0 Å². The first-order chi connectivity index (χ1) is 17.0. The number of aromatic hydroxyl groups is 1. The van der Waals surface area contributed by atoms with Gasteiger partial charge in [-0.2, -0.15) is 5.10 Å². The number of ether oxygens (including phenoxy) is 2. The highest BCUT2D eigenvalue weighted by Crippen LogP contribution is 2.28. The first-order valence-electron chi connectivity index (χ1n) is 10.7. The number of nitrogens with zero attached hydrogens (tertiary/aromatic N) is 1. The molecule has 4 rings (SSSR count). The number of rotatable bonds is 7. The molecule has 35 heavy (non-hydrogen) atoms. The maximum Gasteiger partial charge on any atom is 0.336 e. The van der Waals surface area contributed by atoms with Gasteiger partial charge < -0.3 is 14.6 Å². The zero-order chi connectivity index (χ0) is 24.6. The Hall–Kier alpha value is -4.91. The van der Waals surface area contributed by atoms with Gasteiger partial charge in [0.15, 0.2) is 11.5 Å². The second kappa shape index (κ2) is 10.8. The number of hydrogen-bond acceptors (Lipinski definition) is 6. The van der Waals surface area contributed by atoms with Gasteiger partial charge in [-0.1, -0.05) is 54.6 Å². The predicted molar refractivity (Wildman–Crippen MR) is 135 cm³/mol. The highest BCUT2D eigenvalue weighted by Gasteiger charge is 2.12. The molecule has 0 bridgehead atoms. The molecule has 0 saturated carbocycles. The van der Waals surface area contributed by atoms with Crippen molar-refractivity contribution in [2.24, 2.45) is 5.10 Å². The molecule has 0 radical (unpaired) electrons. The molecule has 174 valence electrons. The van der Waals surface area contributed by atoms with Crippen molar-refractivity contribution in [3.63, 3.8) is 0 Å². The van der Waals surface area contributed by atoms with Gasteiger partial charge >= 0.3 is 5.97 Å². The van der Waals surface area contributed by atoms with Crippen molar-refractivity contribution in [3.05, 3.63) is 108 Å². The number of amides is 1. The van der Waals surface area contributed by atoms with E-state index in [0.717, 1.165) is 16.3 Å². The molecule has 0 aromatic heterocycles. The van der Waals surface area contributed by atoms with Crippen molar-refractivity contribution in [1.82, 2.24) is 5.43 Å². The first-order valence-corrected chi connectivity index (χ1v) is 10.7. The lowest BCUT2D eigenvalue weighted by Gasteiger charge is -2.08. The molecule has 4 aromatic rings. The molecule has 4 aromatic carbocycles. The largest absolute Gasteiger partial charge is 0.507 e. The van der Waals surface area contributed by atoms with Crippen LogP contribution in [-0.4, -0.2) is 30.3 Å². The standard InChI is InChI=1S/C28H22N2O5/c1-34-26-15-20(11-13-25(26)35-27(32)14-12-19-7-3-2-4-8-19)18-29-30-28(33)23-16-21-9-5-6-10-22(21)17-24(23)31/h2-18,31H,1H3,(H,30,33)/b14-12+,29-18-. The van der Waals surface area contributed by atoms with Crippen molar-refractivity contribution in [1.29, 1.82) is 0 Å². The number of fused-ring (bicyclic) bond motifs is 1. The number of hydrogen-bond donors (Lipinski definition) is 2. The van der Waals surface area contributed by atoms with Crippen molar-refractivity contribution in [3.8, 4) is 17.2 Å². The summed E-state index contributed by atoms with van der Waals surface area (Å²) in [7, 11) is 1.46. The van der Waals surface area contributed by atoms with E-state index in [9.17, 15) is 14.7 Å². The fraction of sp³-hybridized carbons (Fsp3) is 0.0357. The topological polar surface area (TPSA) is 97.2 Å². The number of methoxy groups -OCH3 is 1. The molecule has 7 heteroatoms. The molecule has 0 saturated heterocycles. The first kappa shape index (κ1) is 23.3. The second-order valence-corrected chi connectivity index (χ2v) is 7.49.